The van der Waals surface area contributed by atoms with Gasteiger partial charge in [0.25, 0.3) is 0 Å². The summed E-state index contributed by atoms with van der Waals surface area (Å²) in [5.41, 5.74) is 1.34. The highest BCUT2D eigenvalue weighted by Gasteiger charge is 2.27. The zero-order valence-electron chi connectivity index (χ0n) is 11.9. The Balaban J connectivity index is 2.05. The van der Waals surface area contributed by atoms with Crippen LogP contribution in [0.4, 0.5) is 0 Å². The highest BCUT2D eigenvalue weighted by atomic mass is 32.1. The van der Waals surface area contributed by atoms with E-state index < -0.39 is 0 Å². The van der Waals surface area contributed by atoms with Gasteiger partial charge in [0.2, 0.25) is 0 Å². The fourth-order valence-corrected chi connectivity index (χ4v) is 3.62. The summed E-state index contributed by atoms with van der Waals surface area (Å²) >= 11 is 1.81. The molecule has 0 saturated carbocycles. The molecule has 102 valence electrons. The van der Waals surface area contributed by atoms with Crippen LogP contribution >= 0.6 is 11.3 Å². The minimum Gasteiger partial charge on any atom is -0.308 e. The largest absolute Gasteiger partial charge is 0.308 e. The number of hydrogen-bond acceptors (Lipinski definition) is 4. The van der Waals surface area contributed by atoms with Gasteiger partial charge in [0.15, 0.2) is 11.6 Å². The van der Waals surface area contributed by atoms with Gasteiger partial charge in [0.05, 0.1) is 10.9 Å². The molecule has 0 aliphatic carbocycles. The first-order chi connectivity index (χ1) is 9.08. The van der Waals surface area contributed by atoms with Crippen LogP contribution < -0.4 is 5.32 Å². The third-order valence-corrected chi connectivity index (χ3v) is 4.96. The highest BCUT2D eigenvalue weighted by molar-refractivity contribution is 7.15. The molecular formula is C14H20N4S. The molecule has 5 heteroatoms. The molecule has 1 N–H and O–H groups in total. The molecule has 4 nitrogen and oxygen atoms in total. The lowest BCUT2D eigenvalue weighted by molar-refractivity contribution is 0.339. The van der Waals surface area contributed by atoms with Crippen molar-refractivity contribution in [3.8, 4) is 10.7 Å². The van der Waals surface area contributed by atoms with E-state index in [1.165, 1.54) is 15.3 Å². The number of nitrogens with one attached hydrogen (secondary N) is 1. The molecule has 19 heavy (non-hydrogen) atoms. The number of hydrogen-bond donors (Lipinski definition) is 1. The number of thiophene rings is 1. The van der Waals surface area contributed by atoms with Crippen molar-refractivity contribution < 1.29 is 0 Å². The van der Waals surface area contributed by atoms with Crippen molar-refractivity contribution in [1.29, 1.82) is 0 Å². The van der Waals surface area contributed by atoms with Gasteiger partial charge in [0, 0.05) is 18.0 Å². The maximum atomic E-state index is 4.44. The van der Waals surface area contributed by atoms with Gasteiger partial charge in [-0.25, -0.2) is 0 Å². The molecule has 1 atom stereocenters. The second-order valence-corrected chi connectivity index (χ2v) is 6.82. The number of aromatic nitrogens is 3. The summed E-state index contributed by atoms with van der Waals surface area (Å²) in [7, 11) is 0. The van der Waals surface area contributed by atoms with Gasteiger partial charge >= 0.3 is 0 Å². The van der Waals surface area contributed by atoms with Crippen molar-refractivity contribution in [3.05, 3.63) is 22.3 Å². The average molecular weight is 276 g/mol. The van der Waals surface area contributed by atoms with E-state index in [0.717, 1.165) is 24.7 Å². The van der Waals surface area contributed by atoms with Gasteiger partial charge in [-0.2, -0.15) is 0 Å². The van der Waals surface area contributed by atoms with Crippen LogP contribution in [0.25, 0.3) is 10.7 Å². The summed E-state index contributed by atoms with van der Waals surface area (Å²) in [5, 5.41) is 12.4. The van der Waals surface area contributed by atoms with Crippen LogP contribution in [0.5, 0.6) is 0 Å². The summed E-state index contributed by atoms with van der Waals surface area (Å²) in [5.74, 6) is 2.64. The number of nitrogens with zero attached hydrogens (tertiary/aromatic N) is 3. The third kappa shape index (κ3) is 2.11. The fourth-order valence-electron chi connectivity index (χ4n) is 2.59. The second-order valence-electron chi connectivity index (χ2n) is 5.56. The molecule has 1 aliphatic heterocycles. The fraction of sp³-hybridized carbons (Fsp3) is 0.571. The van der Waals surface area contributed by atoms with Crippen molar-refractivity contribution in [2.45, 2.75) is 40.3 Å². The molecule has 0 radical (unpaired) electrons. The number of fused-ring (bicyclic) bond motifs is 1. The van der Waals surface area contributed by atoms with Crippen LogP contribution in [-0.4, -0.2) is 21.3 Å². The van der Waals surface area contributed by atoms with Crippen LogP contribution in [0.1, 0.15) is 36.2 Å². The topological polar surface area (TPSA) is 42.7 Å². The van der Waals surface area contributed by atoms with Crippen molar-refractivity contribution in [3.63, 3.8) is 0 Å². The minimum atomic E-state index is 0.317. The molecule has 2 aromatic rings. The Morgan fingerprint density at radius 3 is 2.79 bits per heavy atom. The first-order valence-electron chi connectivity index (χ1n) is 6.82. The van der Waals surface area contributed by atoms with Crippen LogP contribution in [0.2, 0.25) is 0 Å². The van der Waals surface area contributed by atoms with E-state index in [1.54, 1.807) is 0 Å². The number of aryl methyl sites for hydroxylation is 2. The molecule has 0 spiro atoms. The molecule has 1 aliphatic rings. The van der Waals surface area contributed by atoms with Crippen molar-refractivity contribution in [1.82, 2.24) is 20.1 Å². The Hall–Kier alpha value is -1.20. The first kappa shape index (κ1) is 12.8. The predicted octanol–water partition coefficient (Wildman–Crippen LogP) is 2.92. The van der Waals surface area contributed by atoms with E-state index >= 15 is 0 Å². The lowest BCUT2D eigenvalue weighted by Gasteiger charge is -2.27. The van der Waals surface area contributed by atoms with Crippen molar-refractivity contribution in [2.24, 2.45) is 5.92 Å². The molecule has 0 amide bonds. The van der Waals surface area contributed by atoms with Gasteiger partial charge in [-0.15, -0.1) is 21.5 Å². The van der Waals surface area contributed by atoms with Crippen molar-refractivity contribution in [2.75, 3.05) is 6.54 Å². The van der Waals surface area contributed by atoms with Gasteiger partial charge in [-0.05, 0) is 31.4 Å². The standard InChI is InChI=1S/C14H20N4S/c1-8(2)12-14-17-16-13(18(14)6-5-15-12)11-7-9(3)10(4)19-11/h7-8,12,15H,5-6H2,1-4H3. The maximum Gasteiger partial charge on any atom is 0.174 e. The van der Waals surface area contributed by atoms with Crippen LogP contribution in [0.15, 0.2) is 6.07 Å². The molecule has 1 unspecified atom stereocenters. The number of rotatable bonds is 2. The summed E-state index contributed by atoms with van der Waals surface area (Å²) < 4.78 is 2.28. The van der Waals surface area contributed by atoms with E-state index in [1.807, 2.05) is 11.3 Å². The van der Waals surface area contributed by atoms with Gasteiger partial charge in [0.1, 0.15) is 0 Å². The predicted molar refractivity (Wildman–Crippen MR) is 78.4 cm³/mol. The van der Waals surface area contributed by atoms with E-state index in [2.05, 4.69) is 53.8 Å². The van der Waals surface area contributed by atoms with Gasteiger partial charge in [-0.1, -0.05) is 13.8 Å². The Morgan fingerprint density at radius 2 is 2.16 bits per heavy atom. The highest BCUT2D eigenvalue weighted by Crippen LogP contribution is 2.32. The first-order valence-corrected chi connectivity index (χ1v) is 7.63. The zero-order valence-corrected chi connectivity index (χ0v) is 12.7. The monoisotopic (exact) mass is 276 g/mol. The Kier molecular flexibility index (Phi) is 3.19. The van der Waals surface area contributed by atoms with E-state index in [-0.39, 0.29) is 0 Å². The Labute approximate surface area is 117 Å². The molecular weight excluding hydrogens is 256 g/mol. The van der Waals surface area contributed by atoms with E-state index in [4.69, 9.17) is 0 Å². The Morgan fingerprint density at radius 1 is 1.37 bits per heavy atom. The summed E-state index contributed by atoms with van der Waals surface area (Å²) in [6, 6.07) is 2.54. The molecule has 3 rings (SSSR count). The Bertz CT molecular complexity index is 577. The van der Waals surface area contributed by atoms with Crippen LogP contribution in [-0.2, 0) is 6.54 Å². The lowest BCUT2D eigenvalue weighted by Crippen LogP contribution is -2.36. The van der Waals surface area contributed by atoms with E-state index in [9.17, 15) is 0 Å². The third-order valence-electron chi connectivity index (χ3n) is 3.81. The SMILES string of the molecule is Cc1cc(-c2nnc3n2CCNC3C(C)C)sc1C. The normalized spacial score (nSPS) is 18.9. The summed E-state index contributed by atoms with van der Waals surface area (Å²) in [6.45, 7) is 10.7. The summed E-state index contributed by atoms with van der Waals surface area (Å²) in [6.07, 6.45) is 0. The second kappa shape index (κ2) is 4.72. The average Bonchev–Trinajstić information content (AvgIpc) is 2.93. The zero-order chi connectivity index (χ0) is 13.6. The smallest absolute Gasteiger partial charge is 0.174 e. The summed E-state index contributed by atoms with van der Waals surface area (Å²) in [4.78, 5) is 2.60. The van der Waals surface area contributed by atoms with Gasteiger partial charge in [-0.3, -0.25) is 0 Å². The maximum absolute atomic E-state index is 4.44. The van der Waals surface area contributed by atoms with Crippen LogP contribution in [0, 0.1) is 19.8 Å². The van der Waals surface area contributed by atoms with Crippen LogP contribution in [0.3, 0.4) is 0 Å². The van der Waals surface area contributed by atoms with Crippen molar-refractivity contribution >= 4 is 11.3 Å². The lowest BCUT2D eigenvalue weighted by atomic mass is 10.0. The molecule has 2 aromatic heterocycles. The minimum absolute atomic E-state index is 0.317. The molecule has 0 aromatic carbocycles. The molecule has 0 saturated heterocycles. The van der Waals surface area contributed by atoms with Gasteiger partial charge < -0.3 is 9.88 Å². The quantitative estimate of drug-likeness (QED) is 0.917. The van der Waals surface area contributed by atoms with E-state index in [0.29, 0.717) is 12.0 Å². The molecule has 3 heterocycles. The molecule has 0 fully saturated rings. The molecule has 0 bridgehead atoms.